The molecule has 0 aliphatic carbocycles. The Morgan fingerprint density at radius 1 is 0.842 bits per heavy atom. The van der Waals surface area contributed by atoms with Gasteiger partial charge in [-0.3, -0.25) is 4.79 Å². The number of anilines is 2. The highest BCUT2D eigenvalue weighted by Crippen LogP contribution is 2.17. The molecule has 2 aromatic carbocycles. The average molecular weight is 254 g/mol. The summed E-state index contributed by atoms with van der Waals surface area (Å²) >= 11 is 0. The second-order valence-corrected chi connectivity index (χ2v) is 4.94. The maximum absolute atomic E-state index is 12.3. The smallest absolute Gasteiger partial charge is 0.249 e. The second kappa shape index (κ2) is 5.57. The summed E-state index contributed by atoms with van der Waals surface area (Å²) in [6, 6.07) is 19.2. The summed E-state index contributed by atoms with van der Waals surface area (Å²) < 4.78 is 0. The molecule has 0 bridgehead atoms. The lowest BCUT2D eigenvalue weighted by atomic mass is 10.0. The molecule has 0 saturated heterocycles. The van der Waals surface area contributed by atoms with Gasteiger partial charge >= 0.3 is 0 Å². The zero-order valence-electron chi connectivity index (χ0n) is 11.2. The van der Waals surface area contributed by atoms with Crippen LogP contribution < -0.4 is 10.6 Å². The van der Waals surface area contributed by atoms with Crippen molar-refractivity contribution in [3.8, 4) is 0 Å². The Labute approximate surface area is 113 Å². The molecule has 0 aromatic heterocycles. The summed E-state index contributed by atoms with van der Waals surface area (Å²) in [4.78, 5) is 12.3. The van der Waals surface area contributed by atoms with Crippen LogP contribution in [0.5, 0.6) is 0 Å². The summed E-state index contributed by atoms with van der Waals surface area (Å²) in [6.45, 7) is 3.72. The number of carbonyl (C=O) groups excluding carboxylic acids is 1. The molecule has 0 atom stereocenters. The third-order valence-corrected chi connectivity index (χ3v) is 2.83. The fourth-order valence-corrected chi connectivity index (χ4v) is 1.75. The molecule has 0 unspecified atom stereocenters. The van der Waals surface area contributed by atoms with Gasteiger partial charge in [0, 0.05) is 11.4 Å². The minimum absolute atomic E-state index is 0.0671. The van der Waals surface area contributed by atoms with Gasteiger partial charge in [-0.2, -0.15) is 0 Å². The fraction of sp³-hybridized carbons (Fsp3) is 0.188. The maximum atomic E-state index is 12.3. The molecular formula is C16H18N2O. The van der Waals surface area contributed by atoms with Crippen LogP contribution in [0.25, 0.3) is 0 Å². The highest BCUT2D eigenvalue weighted by atomic mass is 16.2. The average Bonchev–Trinajstić information content (AvgIpc) is 2.40. The van der Waals surface area contributed by atoms with Crippen LogP contribution in [0.4, 0.5) is 11.4 Å². The molecule has 0 aliphatic rings. The van der Waals surface area contributed by atoms with Gasteiger partial charge in [0.2, 0.25) is 5.91 Å². The number of rotatable bonds is 4. The van der Waals surface area contributed by atoms with Crippen LogP contribution in [0, 0.1) is 0 Å². The van der Waals surface area contributed by atoms with E-state index in [1.807, 2.05) is 74.5 Å². The molecule has 1 amide bonds. The van der Waals surface area contributed by atoms with Gasteiger partial charge in [-0.1, -0.05) is 36.4 Å². The topological polar surface area (TPSA) is 41.1 Å². The Kier molecular flexibility index (Phi) is 3.85. The van der Waals surface area contributed by atoms with Gasteiger partial charge in [0.15, 0.2) is 0 Å². The fourth-order valence-electron chi connectivity index (χ4n) is 1.75. The van der Waals surface area contributed by atoms with Crippen molar-refractivity contribution in [2.24, 2.45) is 0 Å². The van der Waals surface area contributed by atoms with Crippen molar-refractivity contribution in [1.82, 2.24) is 0 Å². The first-order valence-electron chi connectivity index (χ1n) is 6.28. The molecule has 0 fully saturated rings. The van der Waals surface area contributed by atoms with E-state index in [1.54, 1.807) is 0 Å². The monoisotopic (exact) mass is 254 g/mol. The molecule has 3 heteroatoms. The Morgan fingerprint density at radius 2 is 1.32 bits per heavy atom. The van der Waals surface area contributed by atoms with Crippen LogP contribution in [0.2, 0.25) is 0 Å². The van der Waals surface area contributed by atoms with Crippen LogP contribution in [-0.2, 0) is 4.79 Å². The molecule has 2 aromatic rings. The van der Waals surface area contributed by atoms with Crippen molar-refractivity contribution < 1.29 is 4.79 Å². The minimum atomic E-state index is -0.683. The Bertz CT molecular complexity index is 535. The third-order valence-electron chi connectivity index (χ3n) is 2.83. The number of amides is 1. The lowest BCUT2D eigenvalue weighted by molar-refractivity contribution is -0.119. The quantitative estimate of drug-likeness (QED) is 0.876. The molecule has 2 rings (SSSR count). The van der Waals surface area contributed by atoms with E-state index in [0.29, 0.717) is 0 Å². The van der Waals surface area contributed by atoms with E-state index in [1.165, 1.54) is 0 Å². The molecule has 0 spiro atoms. The number of hydrogen-bond acceptors (Lipinski definition) is 2. The second-order valence-electron chi connectivity index (χ2n) is 4.94. The van der Waals surface area contributed by atoms with E-state index in [4.69, 9.17) is 0 Å². The van der Waals surface area contributed by atoms with Crippen molar-refractivity contribution in [1.29, 1.82) is 0 Å². The summed E-state index contributed by atoms with van der Waals surface area (Å²) in [5.41, 5.74) is 1.04. The highest BCUT2D eigenvalue weighted by molar-refractivity contribution is 5.99. The van der Waals surface area contributed by atoms with Crippen LogP contribution in [-0.4, -0.2) is 11.4 Å². The third kappa shape index (κ3) is 3.58. The van der Waals surface area contributed by atoms with Gasteiger partial charge in [0.25, 0.3) is 0 Å². The van der Waals surface area contributed by atoms with E-state index in [0.717, 1.165) is 11.4 Å². The van der Waals surface area contributed by atoms with Crippen LogP contribution in [0.1, 0.15) is 13.8 Å². The minimum Gasteiger partial charge on any atom is -0.372 e. The van der Waals surface area contributed by atoms with Crippen molar-refractivity contribution in [3.63, 3.8) is 0 Å². The molecule has 0 aliphatic heterocycles. The van der Waals surface area contributed by atoms with Gasteiger partial charge in [0.1, 0.15) is 5.54 Å². The molecule has 0 radical (unpaired) electrons. The summed E-state index contributed by atoms with van der Waals surface area (Å²) in [5.74, 6) is -0.0671. The van der Waals surface area contributed by atoms with Crippen LogP contribution in [0.3, 0.4) is 0 Å². The molecule has 0 heterocycles. The maximum Gasteiger partial charge on any atom is 0.249 e. The Hall–Kier alpha value is -2.29. The Balaban J connectivity index is 2.05. The zero-order chi connectivity index (χ0) is 13.7. The predicted octanol–water partition coefficient (Wildman–Crippen LogP) is 3.52. The molecule has 98 valence electrons. The summed E-state index contributed by atoms with van der Waals surface area (Å²) in [6.07, 6.45) is 0. The van der Waals surface area contributed by atoms with Crippen molar-refractivity contribution in [2.45, 2.75) is 19.4 Å². The lowest BCUT2D eigenvalue weighted by Gasteiger charge is -2.26. The van der Waals surface area contributed by atoms with E-state index in [-0.39, 0.29) is 5.91 Å². The van der Waals surface area contributed by atoms with E-state index >= 15 is 0 Å². The number of hydrogen-bond donors (Lipinski definition) is 2. The molecular weight excluding hydrogens is 236 g/mol. The van der Waals surface area contributed by atoms with Crippen LogP contribution in [0.15, 0.2) is 60.7 Å². The standard InChI is InChI=1S/C16H18N2O/c1-16(2,18-14-11-7-4-8-12-14)15(19)17-13-9-5-3-6-10-13/h3-12,18H,1-2H3,(H,17,19). The predicted molar refractivity (Wildman–Crippen MR) is 79.2 cm³/mol. The molecule has 0 saturated carbocycles. The SMILES string of the molecule is CC(C)(Nc1ccccc1)C(=O)Nc1ccccc1. The number of para-hydroxylation sites is 2. The number of nitrogens with one attached hydrogen (secondary N) is 2. The first-order valence-corrected chi connectivity index (χ1v) is 6.28. The summed E-state index contributed by atoms with van der Waals surface area (Å²) in [7, 11) is 0. The van der Waals surface area contributed by atoms with E-state index in [9.17, 15) is 4.79 Å². The molecule has 2 N–H and O–H groups in total. The molecule has 19 heavy (non-hydrogen) atoms. The van der Waals surface area contributed by atoms with Crippen molar-refractivity contribution >= 4 is 17.3 Å². The van der Waals surface area contributed by atoms with Crippen molar-refractivity contribution in [3.05, 3.63) is 60.7 Å². The van der Waals surface area contributed by atoms with Gasteiger partial charge in [-0.05, 0) is 38.1 Å². The number of carbonyl (C=O) groups is 1. The van der Waals surface area contributed by atoms with E-state index < -0.39 is 5.54 Å². The first kappa shape index (κ1) is 13.1. The zero-order valence-corrected chi connectivity index (χ0v) is 11.2. The first-order chi connectivity index (χ1) is 9.08. The van der Waals surface area contributed by atoms with Gasteiger partial charge < -0.3 is 10.6 Å². The summed E-state index contributed by atoms with van der Waals surface area (Å²) in [5, 5.41) is 6.13. The largest absolute Gasteiger partial charge is 0.372 e. The van der Waals surface area contributed by atoms with Gasteiger partial charge in [-0.15, -0.1) is 0 Å². The van der Waals surface area contributed by atoms with Crippen LogP contribution >= 0.6 is 0 Å². The normalized spacial score (nSPS) is 10.8. The van der Waals surface area contributed by atoms with Gasteiger partial charge in [0.05, 0.1) is 0 Å². The lowest BCUT2D eigenvalue weighted by Crippen LogP contribution is -2.44. The van der Waals surface area contributed by atoms with E-state index in [2.05, 4.69) is 10.6 Å². The number of benzene rings is 2. The highest BCUT2D eigenvalue weighted by Gasteiger charge is 2.27. The molecule has 3 nitrogen and oxygen atoms in total. The Morgan fingerprint density at radius 3 is 1.84 bits per heavy atom. The van der Waals surface area contributed by atoms with Crippen molar-refractivity contribution in [2.75, 3.05) is 10.6 Å². The van der Waals surface area contributed by atoms with Gasteiger partial charge in [-0.25, -0.2) is 0 Å².